The molecule has 0 spiro atoms. The topological polar surface area (TPSA) is 53.1 Å². The number of hydrogen-bond donors (Lipinski definition) is 1. The predicted octanol–water partition coefficient (Wildman–Crippen LogP) is 3.70. The normalized spacial score (nSPS) is 11.0. The van der Waals surface area contributed by atoms with Crippen LogP contribution in [0.1, 0.15) is 13.3 Å². The Labute approximate surface area is 124 Å². The molecule has 0 atom stereocenters. The first-order valence-corrected chi connectivity index (χ1v) is 7.13. The molecule has 3 aromatic rings. The fraction of sp³-hybridized carbons (Fsp3) is 0.235. The van der Waals surface area contributed by atoms with Gasteiger partial charge in [-0.2, -0.15) is 0 Å². The van der Waals surface area contributed by atoms with E-state index in [0.717, 1.165) is 41.1 Å². The van der Waals surface area contributed by atoms with Crippen molar-refractivity contribution >= 4 is 16.7 Å². The highest BCUT2D eigenvalue weighted by molar-refractivity contribution is 5.90. The molecule has 108 valence electrons. The van der Waals surface area contributed by atoms with E-state index in [1.807, 2.05) is 36.4 Å². The standard InChI is InChI=1S/C17H19N3O/c1-3-10-20-15-9-5-8-14(18)16(15)19-17(20)12-6-4-7-13(11-12)21-2/h4-9,11H,3,10,18H2,1-2H3. The maximum absolute atomic E-state index is 6.07. The van der Waals surface area contributed by atoms with Gasteiger partial charge in [-0.05, 0) is 30.7 Å². The lowest BCUT2D eigenvalue weighted by atomic mass is 10.2. The molecular formula is C17H19N3O. The number of fused-ring (bicyclic) bond motifs is 1. The largest absolute Gasteiger partial charge is 0.497 e. The average molecular weight is 281 g/mol. The number of nitrogen functional groups attached to an aromatic ring is 1. The fourth-order valence-electron chi connectivity index (χ4n) is 2.60. The van der Waals surface area contributed by atoms with E-state index in [-0.39, 0.29) is 0 Å². The van der Waals surface area contributed by atoms with Crippen molar-refractivity contribution < 1.29 is 4.74 Å². The minimum Gasteiger partial charge on any atom is -0.497 e. The third kappa shape index (κ3) is 2.33. The van der Waals surface area contributed by atoms with E-state index in [1.165, 1.54) is 0 Å². The van der Waals surface area contributed by atoms with Crippen LogP contribution < -0.4 is 10.5 Å². The van der Waals surface area contributed by atoms with Crippen LogP contribution >= 0.6 is 0 Å². The van der Waals surface area contributed by atoms with Gasteiger partial charge in [0.05, 0.1) is 18.3 Å². The van der Waals surface area contributed by atoms with Gasteiger partial charge in [-0.25, -0.2) is 4.98 Å². The molecule has 0 amide bonds. The molecule has 3 rings (SSSR count). The average Bonchev–Trinajstić information content (AvgIpc) is 2.88. The van der Waals surface area contributed by atoms with Gasteiger partial charge >= 0.3 is 0 Å². The van der Waals surface area contributed by atoms with Gasteiger partial charge < -0.3 is 15.0 Å². The van der Waals surface area contributed by atoms with Crippen LogP contribution in [0.3, 0.4) is 0 Å². The van der Waals surface area contributed by atoms with Crippen molar-refractivity contribution in [1.29, 1.82) is 0 Å². The van der Waals surface area contributed by atoms with E-state index in [9.17, 15) is 0 Å². The quantitative estimate of drug-likeness (QED) is 0.742. The summed E-state index contributed by atoms with van der Waals surface area (Å²) in [6, 6.07) is 13.9. The SMILES string of the molecule is CCCn1c(-c2cccc(OC)c2)nc2c(N)cccc21. The van der Waals surface area contributed by atoms with Gasteiger partial charge in [-0.3, -0.25) is 0 Å². The van der Waals surface area contributed by atoms with Crippen LogP contribution in [0.25, 0.3) is 22.4 Å². The number of ether oxygens (including phenoxy) is 1. The summed E-state index contributed by atoms with van der Waals surface area (Å²) in [5, 5.41) is 0. The van der Waals surface area contributed by atoms with Crippen LogP contribution in [-0.4, -0.2) is 16.7 Å². The Hall–Kier alpha value is -2.49. The van der Waals surface area contributed by atoms with Gasteiger partial charge in [0.1, 0.15) is 17.1 Å². The van der Waals surface area contributed by atoms with E-state index in [4.69, 9.17) is 15.5 Å². The molecule has 21 heavy (non-hydrogen) atoms. The number of para-hydroxylation sites is 1. The lowest BCUT2D eigenvalue weighted by molar-refractivity contribution is 0.415. The minimum atomic E-state index is 0.714. The van der Waals surface area contributed by atoms with Gasteiger partial charge in [-0.1, -0.05) is 25.1 Å². The second kappa shape index (κ2) is 5.48. The first-order chi connectivity index (χ1) is 10.2. The maximum Gasteiger partial charge on any atom is 0.141 e. The van der Waals surface area contributed by atoms with Gasteiger partial charge in [0, 0.05) is 12.1 Å². The number of imidazole rings is 1. The number of benzene rings is 2. The zero-order chi connectivity index (χ0) is 14.8. The summed E-state index contributed by atoms with van der Waals surface area (Å²) in [7, 11) is 1.67. The molecule has 0 saturated carbocycles. The third-order valence-corrected chi connectivity index (χ3v) is 3.59. The Morgan fingerprint density at radius 3 is 2.76 bits per heavy atom. The molecule has 2 aromatic carbocycles. The van der Waals surface area contributed by atoms with E-state index in [2.05, 4.69) is 17.6 Å². The highest BCUT2D eigenvalue weighted by Gasteiger charge is 2.14. The summed E-state index contributed by atoms with van der Waals surface area (Å²) in [5.74, 6) is 1.76. The molecule has 1 aromatic heterocycles. The Morgan fingerprint density at radius 2 is 2.00 bits per heavy atom. The molecule has 0 radical (unpaired) electrons. The summed E-state index contributed by atoms with van der Waals surface area (Å²) < 4.78 is 7.53. The van der Waals surface area contributed by atoms with Gasteiger partial charge in [0.15, 0.2) is 0 Å². The second-order valence-corrected chi connectivity index (χ2v) is 5.03. The highest BCUT2D eigenvalue weighted by atomic mass is 16.5. The molecule has 0 bridgehead atoms. The van der Waals surface area contributed by atoms with Crippen molar-refractivity contribution in [3.8, 4) is 17.1 Å². The van der Waals surface area contributed by atoms with Crippen LogP contribution in [0.2, 0.25) is 0 Å². The number of aromatic nitrogens is 2. The Kier molecular flexibility index (Phi) is 3.52. The first kappa shape index (κ1) is 13.5. The van der Waals surface area contributed by atoms with Gasteiger partial charge in [0.2, 0.25) is 0 Å². The fourth-order valence-corrected chi connectivity index (χ4v) is 2.60. The predicted molar refractivity (Wildman–Crippen MR) is 86.4 cm³/mol. The molecular weight excluding hydrogens is 262 g/mol. The van der Waals surface area contributed by atoms with Crippen molar-refractivity contribution in [1.82, 2.24) is 9.55 Å². The van der Waals surface area contributed by atoms with Crippen LogP contribution in [0.4, 0.5) is 5.69 Å². The minimum absolute atomic E-state index is 0.714. The van der Waals surface area contributed by atoms with Crippen molar-refractivity contribution in [2.45, 2.75) is 19.9 Å². The highest BCUT2D eigenvalue weighted by Crippen LogP contribution is 2.29. The number of nitrogens with two attached hydrogens (primary N) is 1. The molecule has 4 heteroatoms. The molecule has 4 nitrogen and oxygen atoms in total. The monoisotopic (exact) mass is 281 g/mol. The number of aryl methyl sites for hydroxylation is 1. The molecule has 0 fully saturated rings. The van der Waals surface area contributed by atoms with Crippen molar-refractivity contribution in [2.75, 3.05) is 12.8 Å². The molecule has 0 unspecified atom stereocenters. The number of hydrogen-bond acceptors (Lipinski definition) is 3. The van der Waals surface area contributed by atoms with E-state index < -0.39 is 0 Å². The third-order valence-electron chi connectivity index (χ3n) is 3.59. The molecule has 0 aliphatic carbocycles. The number of rotatable bonds is 4. The van der Waals surface area contributed by atoms with Crippen molar-refractivity contribution in [2.24, 2.45) is 0 Å². The Bertz CT molecular complexity index is 777. The van der Waals surface area contributed by atoms with Crippen molar-refractivity contribution in [3.63, 3.8) is 0 Å². The smallest absolute Gasteiger partial charge is 0.141 e. The maximum atomic E-state index is 6.07. The lowest BCUT2D eigenvalue weighted by Gasteiger charge is -2.09. The summed E-state index contributed by atoms with van der Waals surface area (Å²) in [5.41, 5.74) is 9.77. The zero-order valence-electron chi connectivity index (χ0n) is 12.3. The number of methoxy groups -OCH3 is 1. The van der Waals surface area contributed by atoms with Crippen LogP contribution in [0.15, 0.2) is 42.5 Å². The molecule has 0 saturated heterocycles. The summed E-state index contributed by atoms with van der Waals surface area (Å²) in [6.45, 7) is 3.07. The second-order valence-electron chi connectivity index (χ2n) is 5.03. The summed E-state index contributed by atoms with van der Waals surface area (Å²) in [6.07, 6.45) is 1.04. The lowest BCUT2D eigenvalue weighted by Crippen LogP contribution is -1.99. The Balaban J connectivity index is 2.25. The molecule has 1 heterocycles. The van der Waals surface area contributed by atoms with Crippen molar-refractivity contribution in [3.05, 3.63) is 42.5 Å². The van der Waals surface area contributed by atoms with Crippen LogP contribution in [-0.2, 0) is 6.54 Å². The van der Waals surface area contributed by atoms with Crippen LogP contribution in [0.5, 0.6) is 5.75 Å². The van der Waals surface area contributed by atoms with Crippen LogP contribution in [0, 0.1) is 0 Å². The summed E-state index contributed by atoms with van der Waals surface area (Å²) in [4.78, 5) is 4.76. The molecule has 0 aliphatic heterocycles. The number of nitrogens with zero attached hydrogens (tertiary/aromatic N) is 2. The zero-order valence-corrected chi connectivity index (χ0v) is 12.3. The van der Waals surface area contributed by atoms with E-state index >= 15 is 0 Å². The Morgan fingerprint density at radius 1 is 1.19 bits per heavy atom. The summed E-state index contributed by atoms with van der Waals surface area (Å²) >= 11 is 0. The molecule has 0 aliphatic rings. The van der Waals surface area contributed by atoms with Gasteiger partial charge in [0.25, 0.3) is 0 Å². The first-order valence-electron chi connectivity index (χ1n) is 7.13. The van der Waals surface area contributed by atoms with E-state index in [1.54, 1.807) is 7.11 Å². The van der Waals surface area contributed by atoms with Gasteiger partial charge in [-0.15, -0.1) is 0 Å². The molecule has 2 N–H and O–H groups in total. The van der Waals surface area contributed by atoms with E-state index in [0.29, 0.717) is 5.69 Å². The number of anilines is 1.